The molecule has 5 nitrogen and oxygen atoms in total. The Hall–Kier alpha value is -0.736. The first-order chi connectivity index (χ1) is 15.8. The van der Waals surface area contributed by atoms with Crippen molar-refractivity contribution in [3.05, 3.63) is 24.3 Å². The van der Waals surface area contributed by atoms with Gasteiger partial charge in [-0.3, -0.25) is 0 Å². The zero-order chi connectivity index (χ0) is 27.2. The molecule has 35 heavy (non-hydrogen) atoms. The molecule has 1 rings (SSSR count). The van der Waals surface area contributed by atoms with Crippen molar-refractivity contribution >= 4 is 22.6 Å². The van der Waals surface area contributed by atoms with Gasteiger partial charge in [0.1, 0.15) is 0 Å². The summed E-state index contributed by atoms with van der Waals surface area (Å²) in [4.78, 5) is 11.4. The standard InChI is InChI=1S/C28H54O5Si2/c1-21(29)15-13-12-14-16-22-19-23(32-34(8,9)27(2,3)4)20-24(22)25(17-18-26(30)31)33-35(10,11)28(5,6)7/h14,16-18,21-25,29H,12-13,15,19-20H2,1-11H3,(H,30,31)/b16-14+,18-17+/t21-,22+,23-,24+,25+/m0/s1. The van der Waals surface area contributed by atoms with Gasteiger partial charge in [-0.05, 0) is 93.2 Å². The third-order valence-electron chi connectivity index (χ3n) is 8.35. The maximum atomic E-state index is 11.4. The molecule has 1 fully saturated rings. The van der Waals surface area contributed by atoms with E-state index in [1.54, 1.807) is 6.08 Å². The second-order valence-electron chi connectivity index (χ2n) is 13.5. The molecule has 0 bridgehead atoms. The van der Waals surface area contributed by atoms with Gasteiger partial charge in [0.05, 0.1) is 12.2 Å². The van der Waals surface area contributed by atoms with Gasteiger partial charge in [-0.2, -0.15) is 0 Å². The molecule has 0 aromatic carbocycles. The van der Waals surface area contributed by atoms with Crippen molar-refractivity contribution in [2.45, 2.75) is 135 Å². The summed E-state index contributed by atoms with van der Waals surface area (Å²) in [6, 6.07) is 0. The molecule has 7 heteroatoms. The average Bonchev–Trinajstić information content (AvgIpc) is 3.04. The van der Waals surface area contributed by atoms with Gasteiger partial charge >= 0.3 is 5.97 Å². The summed E-state index contributed by atoms with van der Waals surface area (Å²) in [5.41, 5.74) is 0. The number of allylic oxidation sites excluding steroid dienone is 2. The molecule has 1 aliphatic carbocycles. The minimum atomic E-state index is -2.12. The van der Waals surface area contributed by atoms with Gasteiger partial charge < -0.3 is 19.1 Å². The predicted molar refractivity (Wildman–Crippen MR) is 152 cm³/mol. The smallest absolute Gasteiger partial charge is 0.328 e. The van der Waals surface area contributed by atoms with E-state index in [1.807, 2.05) is 6.92 Å². The third-order valence-corrected chi connectivity index (χ3v) is 17.4. The van der Waals surface area contributed by atoms with Crippen LogP contribution in [0, 0.1) is 11.8 Å². The van der Waals surface area contributed by atoms with Crippen molar-refractivity contribution in [2.24, 2.45) is 11.8 Å². The van der Waals surface area contributed by atoms with E-state index in [4.69, 9.17) is 8.85 Å². The number of aliphatic carboxylic acids is 1. The Morgan fingerprint density at radius 1 is 1.03 bits per heavy atom. The van der Waals surface area contributed by atoms with E-state index in [0.29, 0.717) is 0 Å². The first-order valence-electron chi connectivity index (χ1n) is 13.4. The summed E-state index contributed by atoms with van der Waals surface area (Å²) in [6.07, 6.45) is 11.7. The minimum Gasteiger partial charge on any atom is -0.478 e. The van der Waals surface area contributed by atoms with Gasteiger partial charge in [0.2, 0.25) is 0 Å². The Labute approximate surface area is 217 Å². The molecular formula is C28H54O5Si2. The van der Waals surface area contributed by atoms with Crippen LogP contribution in [0.5, 0.6) is 0 Å². The molecule has 204 valence electrons. The van der Waals surface area contributed by atoms with E-state index in [9.17, 15) is 15.0 Å². The maximum absolute atomic E-state index is 11.4. The molecule has 0 aromatic heterocycles. The van der Waals surface area contributed by atoms with Gasteiger partial charge in [0.15, 0.2) is 16.6 Å². The van der Waals surface area contributed by atoms with Gasteiger partial charge in [-0.15, -0.1) is 0 Å². The van der Waals surface area contributed by atoms with Crippen molar-refractivity contribution in [1.82, 2.24) is 0 Å². The average molecular weight is 527 g/mol. The molecule has 0 saturated heterocycles. The van der Waals surface area contributed by atoms with E-state index in [2.05, 4.69) is 79.9 Å². The highest BCUT2D eigenvalue weighted by molar-refractivity contribution is 6.74. The van der Waals surface area contributed by atoms with Gasteiger partial charge in [-0.25, -0.2) is 4.79 Å². The van der Waals surface area contributed by atoms with E-state index in [1.165, 1.54) is 6.08 Å². The molecule has 0 aromatic rings. The minimum absolute atomic E-state index is 0.0320. The summed E-state index contributed by atoms with van der Waals surface area (Å²) in [5.74, 6) is -0.502. The normalized spacial score (nSPS) is 24.4. The Kier molecular flexibility index (Phi) is 11.7. The second kappa shape index (κ2) is 12.7. The van der Waals surface area contributed by atoms with Crippen LogP contribution in [0.25, 0.3) is 0 Å². The predicted octanol–water partition coefficient (Wildman–Crippen LogP) is 7.54. The largest absolute Gasteiger partial charge is 0.478 e. The molecule has 2 N–H and O–H groups in total. The number of aliphatic hydroxyl groups excluding tert-OH is 1. The number of rotatable bonds is 12. The highest BCUT2D eigenvalue weighted by Gasteiger charge is 2.46. The molecule has 1 aliphatic rings. The van der Waals surface area contributed by atoms with E-state index >= 15 is 0 Å². The lowest BCUT2D eigenvalue weighted by Gasteiger charge is -2.41. The fourth-order valence-corrected chi connectivity index (χ4v) is 6.77. The topological polar surface area (TPSA) is 76.0 Å². The third kappa shape index (κ3) is 10.3. The highest BCUT2D eigenvalue weighted by Crippen LogP contribution is 2.46. The molecule has 1 saturated carbocycles. The van der Waals surface area contributed by atoms with E-state index in [-0.39, 0.29) is 40.2 Å². The van der Waals surface area contributed by atoms with Crippen LogP contribution in [-0.2, 0) is 13.6 Å². The molecular weight excluding hydrogens is 472 g/mol. The molecule has 0 radical (unpaired) electrons. The van der Waals surface area contributed by atoms with Crippen LogP contribution in [0.2, 0.25) is 36.3 Å². The summed E-state index contributed by atoms with van der Waals surface area (Å²) >= 11 is 0. The lowest BCUT2D eigenvalue weighted by molar-refractivity contribution is -0.131. The fourth-order valence-electron chi connectivity index (χ4n) is 4.11. The van der Waals surface area contributed by atoms with Gasteiger partial charge in [0.25, 0.3) is 0 Å². The summed E-state index contributed by atoms with van der Waals surface area (Å²) in [6.45, 7) is 24.3. The van der Waals surface area contributed by atoms with Crippen LogP contribution < -0.4 is 0 Å². The van der Waals surface area contributed by atoms with Crippen LogP contribution in [0.15, 0.2) is 24.3 Å². The molecule has 0 amide bonds. The Morgan fingerprint density at radius 2 is 1.60 bits per heavy atom. The molecule has 0 aliphatic heterocycles. The fraction of sp³-hybridized carbons (Fsp3) is 0.821. The maximum Gasteiger partial charge on any atom is 0.328 e. The number of hydrogen-bond acceptors (Lipinski definition) is 4. The van der Waals surface area contributed by atoms with Crippen LogP contribution >= 0.6 is 0 Å². The Balaban J connectivity index is 3.24. The molecule has 0 heterocycles. The van der Waals surface area contributed by atoms with Gasteiger partial charge in [-0.1, -0.05) is 53.7 Å². The first kappa shape index (κ1) is 32.3. The van der Waals surface area contributed by atoms with Crippen LogP contribution in [0.4, 0.5) is 0 Å². The number of aliphatic hydroxyl groups is 1. The van der Waals surface area contributed by atoms with Crippen molar-refractivity contribution in [1.29, 1.82) is 0 Å². The van der Waals surface area contributed by atoms with Gasteiger partial charge in [0, 0.05) is 12.2 Å². The van der Waals surface area contributed by atoms with Crippen LogP contribution in [-0.4, -0.2) is 51.1 Å². The van der Waals surface area contributed by atoms with E-state index < -0.39 is 22.6 Å². The van der Waals surface area contributed by atoms with Crippen molar-refractivity contribution < 1.29 is 23.9 Å². The summed E-state index contributed by atoms with van der Waals surface area (Å²) in [5, 5.41) is 19.1. The zero-order valence-corrected chi connectivity index (χ0v) is 26.4. The molecule has 0 spiro atoms. The van der Waals surface area contributed by atoms with Crippen molar-refractivity contribution in [3.63, 3.8) is 0 Å². The summed E-state index contributed by atoms with van der Waals surface area (Å²) in [7, 11) is -4.05. The van der Waals surface area contributed by atoms with Crippen LogP contribution in [0.3, 0.4) is 0 Å². The van der Waals surface area contributed by atoms with E-state index in [0.717, 1.165) is 32.1 Å². The number of carbonyl (C=O) groups is 1. The Bertz CT molecular complexity index is 729. The second-order valence-corrected chi connectivity index (χ2v) is 23.1. The lowest BCUT2D eigenvalue weighted by Crippen LogP contribution is -2.46. The first-order valence-corrected chi connectivity index (χ1v) is 19.2. The lowest BCUT2D eigenvalue weighted by atomic mass is 9.89. The number of carboxylic acid groups (broad SMARTS) is 1. The Morgan fingerprint density at radius 3 is 2.09 bits per heavy atom. The quantitative estimate of drug-likeness (QED) is 0.119. The van der Waals surface area contributed by atoms with Crippen LogP contribution in [0.1, 0.15) is 80.6 Å². The number of hydrogen-bond donors (Lipinski definition) is 2. The van der Waals surface area contributed by atoms with Crippen molar-refractivity contribution in [2.75, 3.05) is 0 Å². The number of carboxylic acids is 1. The zero-order valence-electron chi connectivity index (χ0n) is 24.4. The highest BCUT2D eigenvalue weighted by atomic mass is 28.4. The summed E-state index contributed by atoms with van der Waals surface area (Å²) < 4.78 is 13.7. The molecule has 5 atom stereocenters. The molecule has 0 unspecified atom stereocenters. The number of unbranched alkanes of at least 4 members (excludes halogenated alkanes) is 1. The monoisotopic (exact) mass is 526 g/mol. The SMILES string of the molecule is C[C@H](O)CCC/C=C/[C@@H]1C[C@H](O[Si](C)(C)C(C)(C)C)C[C@H]1[C@@H](/C=C/C(=O)O)O[Si](C)(C)C(C)(C)C. The van der Waals surface area contributed by atoms with Crippen molar-refractivity contribution in [3.8, 4) is 0 Å².